The Morgan fingerprint density at radius 1 is 1.04 bits per heavy atom. The van der Waals surface area contributed by atoms with E-state index in [4.69, 9.17) is 4.74 Å². The van der Waals surface area contributed by atoms with E-state index in [9.17, 15) is 17.1 Å². The van der Waals surface area contributed by atoms with Crippen molar-refractivity contribution < 1.29 is 21.8 Å². The normalized spacial score (nSPS) is 13.1. The molecule has 130 valence electrons. The lowest BCUT2D eigenvalue weighted by molar-refractivity contribution is -0.137. The molecule has 0 aliphatic rings. The average Bonchev–Trinajstić information content (AvgIpc) is 2.58. The van der Waals surface area contributed by atoms with E-state index in [1.807, 2.05) is 30.3 Å². The Hall–Kier alpha value is -1.73. The van der Waals surface area contributed by atoms with Crippen molar-refractivity contribution in [2.45, 2.75) is 18.7 Å². The highest BCUT2D eigenvalue weighted by molar-refractivity contribution is 7.91. The highest BCUT2D eigenvalue weighted by Crippen LogP contribution is 2.32. The van der Waals surface area contributed by atoms with Crippen LogP contribution in [0.25, 0.3) is 0 Å². The molecule has 1 atom stereocenters. The van der Waals surface area contributed by atoms with E-state index < -0.39 is 11.7 Å². The van der Waals surface area contributed by atoms with Gasteiger partial charge in [-0.3, -0.25) is 0 Å². The van der Waals surface area contributed by atoms with Gasteiger partial charge in [-0.2, -0.15) is 13.2 Å². The highest BCUT2D eigenvalue weighted by atomic mass is 32.2. The fraction of sp³-hybridized carbons (Fsp3) is 0.294. The summed E-state index contributed by atoms with van der Waals surface area (Å²) < 4.78 is 57.6. The Morgan fingerprint density at radius 3 is 2.21 bits per heavy atom. The summed E-state index contributed by atoms with van der Waals surface area (Å²) in [6.07, 6.45) is -4.26. The van der Waals surface area contributed by atoms with Crippen molar-refractivity contribution in [1.82, 2.24) is 4.31 Å². The molecule has 2 rings (SSSR count). The Labute approximate surface area is 142 Å². The molecule has 0 aromatic heterocycles. The van der Waals surface area contributed by atoms with Crippen molar-refractivity contribution in [3.63, 3.8) is 0 Å². The monoisotopic (exact) mass is 359 g/mol. The number of hydrogen-bond acceptors (Lipinski definition) is 3. The molecule has 0 saturated carbocycles. The van der Waals surface area contributed by atoms with E-state index in [1.165, 1.54) is 16.4 Å². The van der Waals surface area contributed by atoms with Crippen LogP contribution in [0.2, 0.25) is 0 Å². The first kappa shape index (κ1) is 18.6. The molecule has 7 heteroatoms. The molecule has 2 nitrogen and oxygen atoms in total. The first-order chi connectivity index (χ1) is 11.4. The van der Waals surface area contributed by atoms with Crippen LogP contribution < -0.4 is 4.74 Å². The summed E-state index contributed by atoms with van der Waals surface area (Å²) in [7, 11) is 1.62. The van der Waals surface area contributed by atoms with Crippen LogP contribution in [0.1, 0.15) is 23.7 Å². The topological polar surface area (TPSA) is 12.5 Å². The predicted octanol–water partition coefficient (Wildman–Crippen LogP) is 5.68. The first-order valence-electron chi connectivity index (χ1n) is 7.29. The van der Waals surface area contributed by atoms with Gasteiger partial charge >= 0.3 is 6.18 Å². The molecule has 0 radical (unpaired) electrons. The predicted molar refractivity (Wildman–Crippen MR) is 87.2 cm³/mol. The van der Waals surface area contributed by atoms with E-state index >= 15 is 0 Å². The molecule has 0 saturated heterocycles. The van der Waals surface area contributed by atoms with Gasteiger partial charge in [-0.15, -0.1) is 3.89 Å². The number of rotatable bonds is 7. The van der Waals surface area contributed by atoms with Crippen LogP contribution in [-0.2, 0) is 6.18 Å². The van der Waals surface area contributed by atoms with Crippen molar-refractivity contribution in [2.75, 3.05) is 13.6 Å². The number of ether oxygens (including phenoxy) is 1. The second-order valence-corrected chi connectivity index (χ2v) is 6.01. The largest absolute Gasteiger partial charge is 0.486 e. The van der Waals surface area contributed by atoms with Gasteiger partial charge in [0.25, 0.3) is 0 Å². The summed E-state index contributed by atoms with van der Waals surface area (Å²) in [5.41, 5.74) is 0.161. The lowest BCUT2D eigenvalue weighted by Crippen LogP contribution is -2.16. The maximum absolute atomic E-state index is 12.6. The van der Waals surface area contributed by atoms with Gasteiger partial charge in [0.1, 0.15) is 24.2 Å². The van der Waals surface area contributed by atoms with Crippen LogP contribution in [0.15, 0.2) is 54.6 Å². The molecule has 0 bridgehead atoms. The lowest BCUT2D eigenvalue weighted by atomic mass is 10.1. The van der Waals surface area contributed by atoms with Gasteiger partial charge < -0.3 is 4.74 Å². The van der Waals surface area contributed by atoms with Crippen LogP contribution >= 0.6 is 12.3 Å². The Kier molecular flexibility index (Phi) is 6.51. The van der Waals surface area contributed by atoms with Crippen molar-refractivity contribution in [3.05, 3.63) is 65.7 Å². The molecule has 0 aliphatic heterocycles. The molecule has 0 heterocycles. The van der Waals surface area contributed by atoms with Crippen molar-refractivity contribution in [3.8, 4) is 5.75 Å². The van der Waals surface area contributed by atoms with Crippen molar-refractivity contribution in [1.29, 1.82) is 0 Å². The molecule has 2 aromatic rings. The fourth-order valence-electron chi connectivity index (χ4n) is 2.18. The summed E-state index contributed by atoms with van der Waals surface area (Å²) in [6, 6.07) is 13.9. The zero-order valence-electron chi connectivity index (χ0n) is 13.0. The summed E-state index contributed by atoms with van der Waals surface area (Å²) in [6.45, 7) is 0.432. The molecule has 0 N–H and O–H groups in total. The number of nitrogens with zero attached hydrogens (tertiary/aromatic N) is 1. The van der Waals surface area contributed by atoms with Gasteiger partial charge in [-0.05, 0) is 36.9 Å². The molecule has 0 spiro atoms. The summed E-state index contributed by atoms with van der Waals surface area (Å²) >= 11 is 0.126. The molecule has 0 fully saturated rings. The molecule has 1 unspecified atom stereocenters. The third kappa shape index (κ3) is 5.42. The van der Waals surface area contributed by atoms with E-state index in [2.05, 4.69) is 0 Å². The van der Waals surface area contributed by atoms with Gasteiger partial charge in [-0.1, -0.05) is 30.3 Å². The molecular weight excluding hydrogens is 342 g/mol. The van der Waals surface area contributed by atoms with Crippen molar-refractivity contribution in [2.24, 2.45) is 0 Å². The van der Waals surface area contributed by atoms with Gasteiger partial charge in [0.2, 0.25) is 0 Å². The highest BCUT2D eigenvalue weighted by Gasteiger charge is 2.30. The summed E-state index contributed by atoms with van der Waals surface area (Å²) in [5.74, 6) is 0.340. The van der Waals surface area contributed by atoms with Gasteiger partial charge in [-0.25, -0.2) is 4.31 Å². The fourth-order valence-corrected chi connectivity index (χ4v) is 2.36. The second kappa shape index (κ2) is 8.39. The quantitative estimate of drug-likeness (QED) is 0.466. The second-order valence-electron chi connectivity index (χ2n) is 5.25. The third-order valence-corrected chi connectivity index (χ3v) is 3.87. The third-order valence-electron chi connectivity index (χ3n) is 3.46. The van der Waals surface area contributed by atoms with E-state index in [0.717, 1.165) is 17.7 Å². The minimum Gasteiger partial charge on any atom is -0.486 e. The van der Waals surface area contributed by atoms with Crippen LogP contribution in [0.4, 0.5) is 17.1 Å². The number of alkyl halides is 3. The Morgan fingerprint density at radius 2 is 1.67 bits per heavy atom. The zero-order valence-corrected chi connectivity index (χ0v) is 13.8. The maximum atomic E-state index is 12.6. The average molecular weight is 359 g/mol. The smallest absolute Gasteiger partial charge is 0.416 e. The van der Waals surface area contributed by atoms with Gasteiger partial charge in [0.15, 0.2) is 0 Å². The Bertz CT molecular complexity index is 619. The van der Waals surface area contributed by atoms with Gasteiger partial charge in [0.05, 0.1) is 5.56 Å². The van der Waals surface area contributed by atoms with Crippen LogP contribution in [0.5, 0.6) is 5.75 Å². The van der Waals surface area contributed by atoms with E-state index in [1.54, 1.807) is 7.05 Å². The standard InChI is InChI=1S/C17H17F4NOS/c1-22(24-21)12-11-16(13-5-3-2-4-6-13)23-15-9-7-14(8-10-15)17(18,19)20/h2-10,16H,11-12H2,1H3. The SMILES string of the molecule is CN(CCC(Oc1ccc(C(F)(F)F)cc1)c1ccccc1)SF. The van der Waals surface area contributed by atoms with Crippen LogP contribution in [0.3, 0.4) is 0 Å². The lowest BCUT2D eigenvalue weighted by Gasteiger charge is -2.21. The number of benzene rings is 2. The summed E-state index contributed by atoms with van der Waals surface area (Å²) in [5, 5.41) is 0. The minimum absolute atomic E-state index is 0.126. The van der Waals surface area contributed by atoms with Crippen molar-refractivity contribution >= 4 is 12.3 Å². The molecular formula is C17H17F4NOS. The molecule has 0 amide bonds. The van der Waals surface area contributed by atoms with E-state index in [-0.39, 0.29) is 18.4 Å². The summed E-state index contributed by atoms with van der Waals surface area (Å²) in [4.78, 5) is 0. The Balaban J connectivity index is 2.12. The molecule has 0 aliphatic carbocycles. The minimum atomic E-state index is -4.38. The van der Waals surface area contributed by atoms with Crippen LogP contribution in [-0.4, -0.2) is 17.9 Å². The maximum Gasteiger partial charge on any atom is 0.416 e. The number of halogens is 4. The zero-order chi connectivity index (χ0) is 17.6. The molecule has 2 aromatic carbocycles. The van der Waals surface area contributed by atoms with E-state index in [0.29, 0.717) is 18.7 Å². The number of hydrogen-bond donors (Lipinski definition) is 0. The molecule has 24 heavy (non-hydrogen) atoms. The van der Waals surface area contributed by atoms with Crippen LogP contribution in [0, 0.1) is 0 Å². The van der Waals surface area contributed by atoms with Gasteiger partial charge in [0, 0.05) is 13.0 Å². The first-order valence-corrected chi connectivity index (χ1v) is 7.96.